The van der Waals surface area contributed by atoms with Crippen LogP contribution >= 0.6 is 0 Å². The molecule has 0 spiro atoms. The van der Waals surface area contributed by atoms with Gasteiger partial charge in [-0.05, 0) is 62.1 Å². The highest BCUT2D eigenvalue weighted by Gasteiger charge is 2.36. The first-order chi connectivity index (χ1) is 27.1. The first-order valence-corrected chi connectivity index (χ1v) is 19.5. The maximum Gasteiger partial charge on any atom is 0.474 e. The summed E-state index contributed by atoms with van der Waals surface area (Å²) in [5, 5.41) is 3.07. The zero-order valence-electron chi connectivity index (χ0n) is 34.0. The molecule has 2 atom stereocenters. The van der Waals surface area contributed by atoms with Gasteiger partial charge in [0.2, 0.25) is 17.7 Å². The van der Waals surface area contributed by atoms with Crippen LogP contribution < -0.4 is 26.3 Å². The minimum Gasteiger partial charge on any atom is -0.497 e. The molecule has 1 aromatic heterocycles. The number of fused-ring (bicyclic) bond motifs is 1. The number of aromatic amines is 1. The summed E-state index contributed by atoms with van der Waals surface area (Å²) < 4.78 is 42.0. The Bertz CT molecular complexity index is 1790. The lowest BCUT2D eigenvalue weighted by Crippen LogP contribution is -2.56. The van der Waals surface area contributed by atoms with Crippen LogP contribution in [0.25, 0.3) is 22.2 Å². The van der Waals surface area contributed by atoms with E-state index in [1.165, 1.54) is 16.4 Å². The monoisotopic (exact) mass is 800 g/mol. The Morgan fingerprint density at radius 3 is 2.16 bits per heavy atom. The van der Waals surface area contributed by atoms with Crippen LogP contribution in [0.4, 0.5) is 13.2 Å². The van der Waals surface area contributed by atoms with Gasteiger partial charge in [-0.2, -0.15) is 13.2 Å². The van der Waals surface area contributed by atoms with Gasteiger partial charge in [0.05, 0.1) is 12.6 Å². The van der Waals surface area contributed by atoms with E-state index in [0.717, 1.165) is 53.1 Å². The standard InChI is InChI=1S/C20H30F3N5O4.C16H13NO2.C4H10.C2H6/c1-2-7-14(18(31)25-26-20(21,22)23)24-19(32)15-8-6-13-28(15)17(30)10-9-16(29)27-11-4-3-5-12-27;1-19-12-7-8-13-15(9-12)17-14(10-16(13)18)11-5-3-2-4-6-11;1-4(2)3;1-2/h2,14-15,26H,1,3-13H2,(H,24,32)(H,25,31);2-10H,1H3,(H,17,18);4H,1-3H3;1-2H3/t14-,15+;;;/m1.../s1. The number of hydrogen-bond donors (Lipinski definition) is 4. The van der Waals surface area contributed by atoms with E-state index in [4.69, 9.17) is 4.74 Å². The normalized spacial score (nSPS) is 15.4. The second kappa shape index (κ2) is 24.5. The molecule has 0 radical (unpaired) electrons. The third kappa shape index (κ3) is 16.4. The fourth-order valence-electron chi connectivity index (χ4n) is 6.01. The molecule has 2 aliphatic heterocycles. The molecule has 5 rings (SSSR count). The van der Waals surface area contributed by atoms with Crippen molar-refractivity contribution in [3.05, 3.63) is 77.5 Å². The number of likely N-dealkylation sites (tertiary alicyclic amines) is 2. The number of alkyl halides is 3. The van der Waals surface area contributed by atoms with Crippen molar-refractivity contribution in [1.82, 2.24) is 31.0 Å². The van der Waals surface area contributed by atoms with Crippen molar-refractivity contribution in [2.75, 3.05) is 26.7 Å². The summed E-state index contributed by atoms with van der Waals surface area (Å²) in [6.45, 7) is 15.7. The zero-order chi connectivity index (χ0) is 42.5. The summed E-state index contributed by atoms with van der Waals surface area (Å²) in [5.74, 6) is -0.575. The van der Waals surface area contributed by atoms with E-state index in [2.05, 4.69) is 37.7 Å². The molecule has 15 heteroatoms. The molecule has 314 valence electrons. The number of nitrogens with zero attached hydrogens (tertiary/aromatic N) is 2. The van der Waals surface area contributed by atoms with Gasteiger partial charge in [0.1, 0.15) is 17.8 Å². The number of methoxy groups -OCH3 is 1. The highest BCUT2D eigenvalue weighted by Crippen LogP contribution is 2.22. The molecule has 2 aliphatic rings. The molecule has 4 N–H and O–H groups in total. The Morgan fingerprint density at radius 2 is 1.56 bits per heavy atom. The molecule has 0 unspecified atom stereocenters. The quantitative estimate of drug-likeness (QED) is 0.0939. The average molecular weight is 801 g/mol. The minimum absolute atomic E-state index is 0.00950. The molecule has 57 heavy (non-hydrogen) atoms. The van der Waals surface area contributed by atoms with Crippen molar-refractivity contribution in [2.24, 2.45) is 5.92 Å². The number of hydrazine groups is 1. The minimum atomic E-state index is -4.82. The summed E-state index contributed by atoms with van der Waals surface area (Å²) >= 11 is 0. The largest absolute Gasteiger partial charge is 0.497 e. The van der Waals surface area contributed by atoms with Gasteiger partial charge in [0.25, 0.3) is 5.91 Å². The molecular weight excluding hydrogens is 741 g/mol. The van der Waals surface area contributed by atoms with Gasteiger partial charge in [-0.15, -0.1) is 12.0 Å². The number of ether oxygens (including phenoxy) is 1. The number of amides is 4. The van der Waals surface area contributed by atoms with Crippen LogP contribution in [-0.4, -0.2) is 83.5 Å². The van der Waals surface area contributed by atoms with Crippen molar-refractivity contribution in [2.45, 2.75) is 104 Å². The number of hydrogen-bond acceptors (Lipinski definition) is 7. The Labute approximate surface area is 333 Å². The average Bonchev–Trinajstić information content (AvgIpc) is 3.70. The maximum atomic E-state index is 12.7. The summed E-state index contributed by atoms with van der Waals surface area (Å²) in [6.07, 6.45) is 0.337. The van der Waals surface area contributed by atoms with Gasteiger partial charge in [0.15, 0.2) is 5.43 Å². The number of H-pyrrole nitrogens is 1. The molecule has 3 aromatic rings. The Morgan fingerprint density at radius 1 is 0.930 bits per heavy atom. The lowest BCUT2D eigenvalue weighted by Gasteiger charge is -2.28. The van der Waals surface area contributed by atoms with Gasteiger partial charge in [-0.25, -0.2) is 0 Å². The van der Waals surface area contributed by atoms with E-state index < -0.39 is 30.2 Å². The van der Waals surface area contributed by atoms with Crippen molar-refractivity contribution in [3.63, 3.8) is 0 Å². The lowest BCUT2D eigenvalue weighted by molar-refractivity contribution is -0.172. The van der Waals surface area contributed by atoms with Gasteiger partial charge in [-0.1, -0.05) is 71.0 Å². The van der Waals surface area contributed by atoms with Crippen molar-refractivity contribution < 1.29 is 37.1 Å². The predicted molar refractivity (Wildman–Crippen MR) is 217 cm³/mol. The molecule has 0 bridgehead atoms. The number of rotatable bonds is 11. The fourth-order valence-corrected chi connectivity index (χ4v) is 6.01. The first kappa shape index (κ1) is 48.0. The highest BCUT2D eigenvalue weighted by molar-refractivity contribution is 5.93. The third-order valence-corrected chi connectivity index (χ3v) is 8.62. The highest BCUT2D eigenvalue weighted by atomic mass is 19.4. The molecule has 4 amide bonds. The van der Waals surface area contributed by atoms with Crippen LogP contribution in [0.15, 0.2) is 72.0 Å². The van der Waals surface area contributed by atoms with E-state index in [0.29, 0.717) is 37.9 Å². The fraction of sp³-hybridized carbons (Fsp3) is 0.500. The first-order valence-electron chi connectivity index (χ1n) is 19.5. The van der Waals surface area contributed by atoms with Crippen LogP contribution in [0.3, 0.4) is 0 Å². The van der Waals surface area contributed by atoms with Crippen LogP contribution in [0.1, 0.15) is 86.0 Å². The molecule has 2 fully saturated rings. The van der Waals surface area contributed by atoms with Gasteiger partial charge in [0, 0.05) is 55.7 Å². The van der Waals surface area contributed by atoms with Gasteiger partial charge < -0.3 is 24.8 Å². The molecule has 2 saturated heterocycles. The number of piperidine rings is 1. The second-order valence-electron chi connectivity index (χ2n) is 13.9. The predicted octanol–water partition coefficient (Wildman–Crippen LogP) is 6.86. The number of carbonyl (C=O) groups excluding carboxylic acids is 4. The van der Waals surface area contributed by atoms with E-state index in [1.54, 1.807) is 30.2 Å². The van der Waals surface area contributed by atoms with E-state index in [-0.39, 0.29) is 36.5 Å². The number of aromatic nitrogens is 1. The summed E-state index contributed by atoms with van der Waals surface area (Å²) in [6, 6.07) is 14.7. The number of carbonyl (C=O) groups is 4. The zero-order valence-corrected chi connectivity index (χ0v) is 34.0. The Hall–Kier alpha value is -5.18. The molecule has 0 aliphatic carbocycles. The topological polar surface area (TPSA) is 153 Å². The number of halogens is 3. The summed E-state index contributed by atoms with van der Waals surface area (Å²) in [7, 11) is 1.61. The molecule has 12 nitrogen and oxygen atoms in total. The van der Waals surface area contributed by atoms with Crippen LogP contribution in [-0.2, 0) is 19.2 Å². The van der Waals surface area contributed by atoms with Crippen molar-refractivity contribution >= 4 is 34.5 Å². The molecule has 0 saturated carbocycles. The third-order valence-electron chi connectivity index (χ3n) is 8.62. The molecule has 2 aromatic carbocycles. The number of nitrogens with one attached hydrogen (secondary N) is 4. The van der Waals surface area contributed by atoms with Gasteiger partial charge in [-0.3, -0.25) is 29.4 Å². The van der Waals surface area contributed by atoms with Crippen LogP contribution in [0.2, 0.25) is 0 Å². The number of benzene rings is 2. The van der Waals surface area contributed by atoms with Crippen molar-refractivity contribution in [1.29, 1.82) is 0 Å². The van der Waals surface area contributed by atoms with E-state index in [9.17, 15) is 37.1 Å². The van der Waals surface area contributed by atoms with E-state index >= 15 is 0 Å². The van der Waals surface area contributed by atoms with E-state index in [1.807, 2.05) is 50.2 Å². The number of pyridine rings is 1. The molecule has 3 heterocycles. The Balaban J connectivity index is 0.000000377. The Kier molecular flexibility index (Phi) is 20.6. The van der Waals surface area contributed by atoms with Crippen LogP contribution in [0, 0.1) is 5.92 Å². The van der Waals surface area contributed by atoms with Crippen LogP contribution in [0.5, 0.6) is 5.75 Å². The van der Waals surface area contributed by atoms with Crippen molar-refractivity contribution in [3.8, 4) is 17.0 Å². The summed E-state index contributed by atoms with van der Waals surface area (Å²) in [5.41, 5.74) is 5.00. The molecular formula is C42H59F3N6O6. The smallest absolute Gasteiger partial charge is 0.474 e. The lowest BCUT2D eigenvalue weighted by atomic mass is 10.1. The summed E-state index contributed by atoms with van der Waals surface area (Å²) in [4.78, 5) is 68.2. The SMILES string of the molecule is C=CC[C@@H](NC(=O)[C@@H]1CCCN1C(=O)CCC(=O)N1CCCCC1)C(=O)NNC(F)(F)F.CC.CC(C)C.COc1ccc2c(=O)cc(-c3ccccc3)[nH]c2c1. The second-order valence-corrected chi connectivity index (χ2v) is 13.9. The maximum absolute atomic E-state index is 12.7. The van der Waals surface area contributed by atoms with Gasteiger partial charge >= 0.3 is 6.30 Å².